The van der Waals surface area contributed by atoms with E-state index in [1.54, 1.807) is 4.90 Å². The maximum Gasteiger partial charge on any atom is 0.265 e. The van der Waals surface area contributed by atoms with Gasteiger partial charge in [-0.25, -0.2) is 4.98 Å². The number of halogens is 1. The SMILES string of the molecule is Cc1nc(C)c(C(=O)N(C)Cc2ccc(Br)cc2)s1. The highest BCUT2D eigenvalue weighted by Gasteiger charge is 2.17. The summed E-state index contributed by atoms with van der Waals surface area (Å²) in [7, 11) is 1.82. The van der Waals surface area contributed by atoms with Crippen LogP contribution in [0.1, 0.15) is 25.9 Å². The average molecular weight is 339 g/mol. The highest BCUT2D eigenvalue weighted by molar-refractivity contribution is 9.10. The van der Waals surface area contributed by atoms with Crippen molar-refractivity contribution >= 4 is 33.2 Å². The Bertz CT molecular complexity index is 592. The second kappa shape index (κ2) is 5.84. The summed E-state index contributed by atoms with van der Waals surface area (Å²) < 4.78 is 1.04. The molecule has 1 heterocycles. The molecule has 0 spiro atoms. The van der Waals surface area contributed by atoms with Crippen molar-refractivity contribution in [3.05, 3.63) is 49.9 Å². The van der Waals surface area contributed by atoms with E-state index in [4.69, 9.17) is 0 Å². The van der Waals surface area contributed by atoms with Crippen LogP contribution in [0, 0.1) is 13.8 Å². The summed E-state index contributed by atoms with van der Waals surface area (Å²) in [4.78, 5) is 19.1. The highest BCUT2D eigenvalue weighted by atomic mass is 79.9. The average Bonchev–Trinajstić information content (AvgIpc) is 2.70. The largest absolute Gasteiger partial charge is 0.337 e. The van der Waals surface area contributed by atoms with Gasteiger partial charge in [0, 0.05) is 18.1 Å². The summed E-state index contributed by atoms with van der Waals surface area (Å²) in [5.41, 5.74) is 1.92. The van der Waals surface area contributed by atoms with Crippen LogP contribution in [-0.2, 0) is 6.54 Å². The lowest BCUT2D eigenvalue weighted by molar-refractivity contribution is 0.0789. The summed E-state index contributed by atoms with van der Waals surface area (Å²) in [5.74, 6) is 0.0334. The predicted molar refractivity (Wildman–Crippen MR) is 81.5 cm³/mol. The molecule has 0 aliphatic heterocycles. The molecule has 0 N–H and O–H groups in total. The number of amides is 1. The van der Waals surface area contributed by atoms with Crippen molar-refractivity contribution in [3.8, 4) is 0 Å². The number of thiazole rings is 1. The fraction of sp³-hybridized carbons (Fsp3) is 0.286. The molecular weight excluding hydrogens is 324 g/mol. The van der Waals surface area contributed by atoms with Gasteiger partial charge in [0.15, 0.2) is 0 Å². The molecule has 0 fully saturated rings. The minimum Gasteiger partial charge on any atom is -0.337 e. The summed E-state index contributed by atoms with van der Waals surface area (Å²) in [5, 5.41) is 0.929. The molecule has 2 aromatic rings. The van der Waals surface area contributed by atoms with Crippen LogP contribution in [0.4, 0.5) is 0 Å². The Labute approximate surface area is 125 Å². The summed E-state index contributed by atoms with van der Waals surface area (Å²) in [6.07, 6.45) is 0. The number of carbonyl (C=O) groups is 1. The summed E-state index contributed by atoms with van der Waals surface area (Å²) in [6, 6.07) is 7.99. The van der Waals surface area contributed by atoms with Gasteiger partial charge in [0.05, 0.1) is 10.7 Å². The number of hydrogen-bond donors (Lipinski definition) is 0. The number of carbonyl (C=O) groups excluding carboxylic acids is 1. The zero-order chi connectivity index (χ0) is 14.0. The van der Waals surface area contributed by atoms with Crippen LogP contribution in [0.5, 0.6) is 0 Å². The van der Waals surface area contributed by atoms with Crippen LogP contribution >= 0.6 is 27.3 Å². The van der Waals surface area contributed by atoms with Crippen molar-refractivity contribution in [2.24, 2.45) is 0 Å². The first kappa shape index (κ1) is 14.2. The van der Waals surface area contributed by atoms with Crippen molar-refractivity contribution < 1.29 is 4.79 Å². The number of hydrogen-bond acceptors (Lipinski definition) is 3. The second-order valence-corrected chi connectivity index (χ2v) is 6.55. The second-order valence-electron chi connectivity index (χ2n) is 4.44. The lowest BCUT2D eigenvalue weighted by Gasteiger charge is -2.16. The predicted octanol–water partition coefficient (Wildman–Crippen LogP) is 3.79. The van der Waals surface area contributed by atoms with Gasteiger partial charge < -0.3 is 4.90 Å². The van der Waals surface area contributed by atoms with Gasteiger partial charge in [-0.15, -0.1) is 11.3 Å². The lowest BCUT2D eigenvalue weighted by Crippen LogP contribution is -2.26. The first-order chi connectivity index (χ1) is 8.97. The van der Waals surface area contributed by atoms with Crippen LogP contribution in [-0.4, -0.2) is 22.8 Å². The zero-order valence-electron chi connectivity index (χ0n) is 11.1. The van der Waals surface area contributed by atoms with E-state index < -0.39 is 0 Å². The molecule has 0 aliphatic rings. The number of nitrogens with zero attached hydrogens (tertiary/aromatic N) is 2. The number of aromatic nitrogens is 1. The van der Waals surface area contributed by atoms with Crippen molar-refractivity contribution in [2.75, 3.05) is 7.05 Å². The molecule has 0 unspecified atom stereocenters. The summed E-state index contributed by atoms with van der Waals surface area (Å²) >= 11 is 4.86. The van der Waals surface area contributed by atoms with E-state index in [9.17, 15) is 4.79 Å². The first-order valence-electron chi connectivity index (χ1n) is 5.91. The van der Waals surface area contributed by atoms with E-state index in [0.717, 1.165) is 25.6 Å². The van der Waals surface area contributed by atoms with Crippen LogP contribution in [0.15, 0.2) is 28.7 Å². The van der Waals surface area contributed by atoms with Gasteiger partial charge in [-0.1, -0.05) is 28.1 Å². The Hall–Kier alpha value is -1.20. The Morgan fingerprint density at radius 3 is 2.47 bits per heavy atom. The molecule has 1 amide bonds. The van der Waals surface area contributed by atoms with Gasteiger partial charge in [0.1, 0.15) is 4.88 Å². The first-order valence-corrected chi connectivity index (χ1v) is 7.52. The minimum absolute atomic E-state index is 0.0334. The Kier molecular flexibility index (Phi) is 4.37. The van der Waals surface area contributed by atoms with Crippen LogP contribution in [0.2, 0.25) is 0 Å². The van der Waals surface area contributed by atoms with Crippen LogP contribution in [0.3, 0.4) is 0 Å². The normalized spacial score (nSPS) is 10.5. The maximum atomic E-state index is 12.3. The quantitative estimate of drug-likeness (QED) is 0.852. The maximum absolute atomic E-state index is 12.3. The van der Waals surface area contributed by atoms with E-state index in [2.05, 4.69) is 20.9 Å². The number of aryl methyl sites for hydroxylation is 2. The molecule has 1 aromatic carbocycles. The van der Waals surface area contributed by atoms with E-state index in [1.165, 1.54) is 11.3 Å². The van der Waals surface area contributed by atoms with Crippen molar-refractivity contribution in [2.45, 2.75) is 20.4 Å². The minimum atomic E-state index is 0.0334. The molecule has 19 heavy (non-hydrogen) atoms. The van der Waals surface area contributed by atoms with E-state index >= 15 is 0 Å². The molecule has 0 saturated carbocycles. The van der Waals surface area contributed by atoms with Gasteiger partial charge >= 0.3 is 0 Å². The molecule has 0 aliphatic carbocycles. The fourth-order valence-corrected chi connectivity index (χ4v) is 3.02. The Balaban J connectivity index is 2.11. The molecule has 5 heteroatoms. The Morgan fingerprint density at radius 2 is 1.95 bits per heavy atom. The molecule has 0 atom stereocenters. The molecule has 2 rings (SSSR count). The topological polar surface area (TPSA) is 33.2 Å². The smallest absolute Gasteiger partial charge is 0.265 e. The van der Waals surface area contributed by atoms with Crippen LogP contribution in [0.25, 0.3) is 0 Å². The van der Waals surface area contributed by atoms with E-state index in [0.29, 0.717) is 6.54 Å². The van der Waals surface area contributed by atoms with Crippen molar-refractivity contribution in [1.82, 2.24) is 9.88 Å². The van der Waals surface area contributed by atoms with E-state index in [-0.39, 0.29) is 5.91 Å². The molecule has 0 radical (unpaired) electrons. The van der Waals surface area contributed by atoms with Gasteiger partial charge in [-0.3, -0.25) is 4.79 Å². The number of rotatable bonds is 3. The third-order valence-electron chi connectivity index (χ3n) is 2.78. The molecule has 100 valence electrons. The standard InChI is InChI=1S/C14H15BrN2OS/c1-9-13(19-10(2)16-9)14(18)17(3)8-11-4-6-12(15)7-5-11/h4-7H,8H2,1-3H3. The Morgan fingerprint density at radius 1 is 1.32 bits per heavy atom. The molecular formula is C14H15BrN2OS. The molecule has 3 nitrogen and oxygen atoms in total. The highest BCUT2D eigenvalue weighted by Crippen LogP contribution is 2.20. The molecule has 1 aromatic heterocycles. The van der Waals surface area contributed by atoms with Gasteiger partial charge in [-0.2, -0.15) is 0 Å². The summed E-state index contributed by atoms with van der Waals surface area (Å²) in [6.45, 7) is 4.40. The van der Waals surface area contributed by atoms with Crippen molar-refractivity contribution in [3.63, 3.8) is 0 Å². The number of benzene rings is 1. The van der Waals surface area contributed by atoms with Gasteiger partial charge in [-0.05, 0) is 31.5 Å². The fourth-order valence-electron chi connectivity index (χ4n) is 1.84. The zero-order valence-corrected chi connectivity index (χ0v) is 13.5. The third kappa shape index (κ3) is 3.42. The van der Waals surface area contributed by atoms with Gasteiger partial charge in [0.2, 0.25) is 0 Å². The third-order valence-corrected chi connectivity index (χ3v) is 4.37. The van der Waals surface area contributed by atoms with Crippen molar-refractivity contribution in [1.29, 1.82) is 0 Å². The molecule has 0 bridgehead atoms. The van der Waals surface area contributed by atoms with Gasteiger partial charge in [0.25, 0.3) is 5.91 Å². The van der Waals surface area contributed by atoms with Crippen LogP contribution < -0.4 is 0 Å². The molecule has 0 saturated heterocycles. The monoisotopic (exact) mass is 338 g/mol. The van der Waals surface area contributed by atoms with E-state index in [1.807, 2.05) is 45.2 Å². The lowest BCUT2D eigenvalue weighted by atomic mass is 10.2.